The first-order valence-electron chi connectivity index (χ1n) is 4.59. The Kier molecular flexibility index (Phi) is 3.93. The van der Waals surface area contributed by atoms with E-state index in [1.807, 2.05) is 0 Å². The largest absolute Gasteiger partial charge is 0.415 e. The van der Waals surface area contributed by atoms with Crippen LogP contribution >= 0.6 is 0 Å². The zero-order valence-electron chi connectivity index (χ0n) is 8.05. The summed E-state index contributed by atoms with van der Waals surface area (Å²) in [6, 6.07) is 0. The van der Waals surface area contributed by atoms with E-state index in [1.54, 1.807) is 0 Å². The Bertz CT molecular complexity index is 204. The Balaban J connectivity index is 2.21. The number of aliphatic hydroxyl groups excluding tert-OH is 1. The van der Waals surface area contributed by atoms with Gasteiger partial charge in [0.1, 0.15) is 5.60 Å². The van der Waals surface area contributed by atoms with E-state index in [0.29, 0.717) is 13.0 Å². The lowest BCUT2D eigenvalue weighted by Crippen LogP contribution is -2.46. The van der Waals surface area contributed by atoms with Crippen LogP contribution in [0.15, 0.2) is 0 Å². The Labute approximate surface area is 85.0 Å². The molecule has 3 N–H and O–H groups in total. The minimum Gasteiger partial charge on any atom is -0.386 e. The van der Waals surface area contributed by atoms with Gasteiger partial charge in [0.05, 0.1) is 6.61 Å². The van der Waals surface area contributed by atoms with E-state index >= 15 is 0 Å². The summed E-state index contributed by atoms with van der Waals surface area (Å²) < 4.78 is 40.5. The molecule has 1 fully saturated rings. The lowest BCUT2D eigenvalue weighted by Gasteiger charge is -2.22. The van der Waals surface area contributed by atoms with Gasteiger partial charge < -0.3 is 20.3 Å². The third-order valence-electron chi connectivity index (χ3n) is 2.25. The Morgan fingerprint density at radius 3 is 2.60 bits per heavy atom. The van der Waals surface area contributed by atoms with E-state index in [1.165, 1.54) is 0 Å². The van der Waals surface area contributed by atoms with Crippen LogP contribution in [-0.2, 0) is 4.74 Å². The minimum atomic E-state index is -4.62. The number of rotatable bonds is 4. The molecule has 2 atom stereocenters. The highest BCUT2D eigenvalue weighted by Gasteiger charge is 2.38. The third kappa shape index (κ3) is 3.94. The van der Waals surface area contributed by atoms with Gasteiger partial charge in [0, 0.05) is 26.1 Å². The second-order valence-electron chi connectivity index (χ2n) is 3.72. The molecule has 0 radical (unpaired) electrons. The number of hydrogen-bond acceptors (Lipinski definition) is 4. The van der Waals surface area contributed by atoms with Crippen molar-refractivity contribution in [3.8, 4) is 0 Å². The van der Waals surface area contributed by atoms with Crippen LogP contribution in [0.1, 0.15) is 6.42 Å². The number of alkyl halides is 3. The normalized spacial score (nSPS) is 29.4. The molecule has 1 rings (SSSR count). The van der Waals surface area contributed by atoms with Crippen LogP contribution in [0.25, 0.3) is 0 Å². The van der Waals surface area contributed by atoms with Crippen molar-refractivity contribution in [2.75, 3.05) is 26.3 Å². The van der Waals surface area contributed by atoms with Crippen molar-refractivity contribution in [2.24, 2.45) is 0 Å². The van der Waals surface area contributed by atoms with Gasteiger partial charge >= 0.3 is 6.18 Å². The second kappa shape index (κ2) is 4.65. The van der Waals surface area contributed by atoms with E-state index in [4.69, 9.17) is 9.84 Å². The molecule has 4 nitrogen and oxygen atoms in total. The highest BCUT2D eigenvalue weighted by Crippen LogP contribution is 2.20. The van der Waals surface area contributed by atoms with Crippen LogP contribution < -0.4 is 5.32 Å². The molecule has 0 bridgehead atoms. The average molecular weight is 229 g/mol. The van der Waals surface area contributed by atoms with Crippen molar-refractivity contribution in [2.45, 2.75) is 24.3 Å². The molecule has 7 heteroatoms. The molecule has 1 saturated heterocycles. The van der Waals surface area contributed by atoms with Gasteiger partial charge in [-0.1, -0.05) is 0 Å². The topological polar surface area (TPSA) is 61.7 Å². The van der Waals surface area contributed by atoms with Crippen molar-refractivity contribution in [3.05, 3.63) is 0 Å². The zero-order chi connectivity index (χ0) is 11.5. The molecule has 2 unspecified atom stereocenters. The molecule has 0 aromatic rings. The fourth-order valence-corrected chi connectivity index (χ4v) is 1.29. The van der Waals surface area contributed by atoms with Gasteiger partial charge in [-0.3, -0.25) is 0 Å². The second-order valence-corrected chi connectivity index (χ2v) is 3.72. The highest BCUT2D eigenvalue weighted by molar-refractivity contribution is 4.85. The molecule has 15 heavy (non-hydrogen) atoms. The van der Waals surface area contributed by atoms with Crippen LogP contribution in [0.5, 0.6) is 0 Å². The van der Waals surface area contributed by atoms with Crippen molar-refractivity contribution in [1.82, 2.24) is 5.32 Å². The van der Waals surface area contributed by atoms with Gasteiger partial charge in [0.15, 0.2) is 6.10 Å². The Morgan fingerprint density at radius 2 is 2.13 bits per heavy atom. The molecule has 0 spiro atoms. The number of hydrogen-bond donors (Lipinski definition) is 3. The van der Waals surface area contributed by atoms with Crippen LogP contribution in [0.4, 0.5) is 13.2 Å². The maximum Gasteiger partial charge on any atom is 0.415 e. The monoisotopic (exact) mass is 229 g/mol. The Hall–Kier alpha value is -0.370. The molecule has 0 aliphatic carbocycles. The molecule has 0 aromatic carbocycles. The van der Waals surface area contributed by atoms with Gasteiger partial charge in [-0.2, -0.15) is 13.2 Å². The summed E-state index contributed by atoms with van der Waals surface area (Å²) in [7, 11) is 0. The third-order valence-corrected chi connectivity index (χ3v) is 2.25. The lowest BCUT2D eigenvalue weighted by molar-refractivity contribution is -0.202. The minimum absolute atomic E-state index is 0.0137. The number of ether oxygens (including phenoxy) is 1. The summed E-state index contributed by atoms with van der Waals surface area (Å²) in [5, 5.41) is 20.7. The van der Waals surface area contributed by atoms with E-state index < -0.39 is 24.4 Å². The number of aliphatic hydroxyl groups is 2. The highest BCUT2D eigenvalue weighted by atomic mass is 19.4. The first-order valence-corrected chi connectivity index (χ1v) is 4.59. The lowest BCUT2D eigenvalue weighted by atomic mass is 10.0. The zero-order valence-corrected chi connectivity index (χ0v) is 8.05. The summed E-state index contributed by atoms with van der Waals surface area (Å²) in [6.07, 6.45) is -6.63. The first kappa shape index (κ1) is 12.7. The molecule has 1 heterocycles. The van der Waals surface area contributed by atoms with Crippen molar-refractivity contribution in [3.63, 3.8) is 0 Å². The molecule has 0 saturated carbocycles. The van der Waals surface area contributed by atoms with Gasteiger partial charge in [-0.15, -0.1) is 0 Å². The fraction of sp³-hybridized carbons (Fsp3) is 1.00. The van der Waals surface area contributed by atoms with E-state index in [9.17, 15) is 18.3 Å². The summed E-state index contributed by atoms with van der Waals surface area (Å²) in [5.41, 5.74) is -1.11. The fourth-order valence-electron chi connectivity index (χ4n) is 1.29. The summed E-state index contributed by atoms with van der Waals surface area (Å²) in [6.45, 7) is -0.117. The smallest absolute Gasteiger partial charge is 0.386 e. The predicted octanol–water partition coefficient (Wildman–Crippen LogP) is -0.349. The molecule has 1 aliphatic heterocycles. The maximum absolute atomic E-state index is 11.9. The standard InChI is InChI=1S/C8H14F3NO3/c9-8(10,11)6(13)3-12-4-7(14)1-2-15-5-7/h6,12-14H,1-5H2. The summed E-state index contributed by atoms with van der Waals surface area (Å²) >= 11 is 0. The van der Waals surface area contributed by atoms with Crippen molar-refractivity contribution < 1.29 is 28.1 Å². The maximum atomic E-state index is 11.9. The average Bonchev–Trinajstić information content (AvgIpc) is 2.50. The van der Waals surface area contributed by atoms with Crippen LogP contribution in [-0.4, -0.2) is 54.4 Å². The van der Waals surface area contributed by atoms with Gasteiger partial charge in [0.25, 0.3) is 0 Å². The van der Waals surface area contributed by atoms with Gasteiger partial charge in [-0.05, 0) is 0 Å². The SMILES string of the molecule is OC(CNCC1(O)CCOC1)C(F)(F)F. The van der Waals surface area contributed by atoms with Crippen LogP contribution in [0.3, 0.4) is 0 Å². The summed E-state index contributed by atoms with van der Waals surface area (Å²) in [4.78, 5) is 0. The molecule has 0 aromatic heterocycles. The van der Waals surface area contributed by atoms with E-state index in [-0.39, 0.29) is 13.2 Å². The number of halogens is 3. The van der Waals surface area contributed by atoms with Crippen molar-refractivity contribution >= 4 is 0 Å². The summed E-state index contributed by atoms with van der Waals surface area (Å²) in [5.74, 6) is 0. The molecule has 0 amide bonds. The molecule has 90 valence electrons. The van der Waals surface area contributed by atoms with Gasteiger partial charge in [0.2, 0.25) is 0 Å². The molecule has 1 aliphatic rings. The predicted molar refractivity (Wildman–Crippen MR) is 45.3 cm³/mol. The Morgan fingerprint density at radius 1 is 1.47 bits per heavy atom. The quantitative estimate of drug-likeness (QED) is 0.616. The van der Waals surface area contributed by atoms with E-state index in [0.717, 1.165) is 0 Å². The van der Waals surface area contributed by atoms with Crippen LogP contribution in [0, 0.1) is 0 Å². The van der Waals surface area contributed by atoms with Crippen molar-refractivity contribution in [1.29, 1.82) is 0 Å². The molecular weight excluding hydrogens is 215 g/mol. The number of nitrogens with one attached hydrogen (secondary N) is 1. The first-order chi connectivity index (χ1) is 6.83. The van der Waals surface area contributed by atoms with Gasteiger partial charge in [-0.25, -0.2) is 0 Å². The van der Waals surface area contributed by atoms with Crippen LogP contribution in [0.2, 0.25) is 0 Å². The van der Waals surface area contributed by atoms with E-state index in [2.05, 4.69) is 5.32 Å². The molecular formula is C8H14F3NO3.